The van der Waals surface area contributed by atoms with Crippen LogP contribution in [0.25, 0.3) is 10.9 Å². The molecule has 0 atom stereocenters. The second-order valence-electron chi connectivity index (χ2n) is 6.33. The minimum atomic E-state index is -4.59. The van der Waals surface area contributed by atoms with E-state index in [0.29, 0.717) is 30.1 Å². The monoisotopic (exact) mass is 430 g/mol. The molecule has 148 valence electrons. The van der Waals surface area contributed by atoms with E-state index in [1.54, 1.807) is 12.1 Å². The summed E-state index contributed by atoms with van der Waals surface area (Å²) in [6.45, 7) is 1.35. The van der Waals surface area contributed by atoms with E-state index >= 15 is 0 Å². The lowest BCUT2D eigenvalue weighted by atomic mass is 10.1. The molecule has 1 aliphatic rings. The Bertz CT molecular complexity index is 1030. The molecule has 28 heavy (non-hydrogen) atoms. The number of ether oxygens (including phenoxy) is 1. The van der Waals surface area contributed by atoms with E-state index in [2.05, 4.69) is 15.4 Å². The Hall–Kier alpha value is -2.17. The van der Waals surface area contributed by atoms with Crippen molar-refractivity contribution in [3.05, 3.63) is 39.4 Å². The third kappa shape index (κ3) is 3.85. The molecule has 0 bridgehead atoms. The number of hydrogen-bond acceptors (Lipinski definition) is 5. The summed E-state index contributed by atoms with van der Waals surface area (Å²) in [5, 5.41) is 8.58. The number of aromatic nitrogens is 3. The summed E-state index contributed by atoms with van der Waals surface area (Å²) < 4.78 is 45.2. The highest BCUT2D eigenvalue weighted by Gasteiger charge is 2.34. The van der Waals surface area contributed by atoms with E-state index in [4.69, 9.17) is 16.3 Å². The van der Waals surface area contributed by atoms with Crippen molar-refractivity contribution in [2.45, 2.75) is 25.1 Å². The van der Waals surface area contributed by atoms with Crippen LogP contribution in [0.1, 0.15) is 34.4 Å². The summed E-state index contributed by atoms with van der Waals surface area (Å²) >= 11 is 6.85. The zero-order valence-corrected chi connectivity index (χ0v) is 15.9. The molecule has 0 aliphatic carbocycles. The van der Waals surface area contributed by atoms with Gasteiger partial charge in [0.25, 0.3) is 5.91 Å². The smallest absolute Gasteiger partial charge is 0.381 e. The van der Waals surface area contributed by atoms with Crippen LogP contribution in [0.4, 0.5) is 18.9 Å². The number of benzene rings is 1. The molecular formula is C17H14ClF3N4O2S. The first-order valence-electron chi connectivity index (χ1n) is 8.41. The molecular weight excluding hydrogens is 417 g/mol. The highest BCUT2D eigenvalue weighted by atomic mass is 35.5. The van der Waals surface area contributed by atoms with Crippen LogP contribution < -0.4 is 5.32 Å². The molecule has 0 spiro atoms. The molecule has 0 unspecified atom stereocenters. The molecule has 11 heteroatoms. The molecule has 1 aliphatic heterocycles. The molecule has 2 aromatic heterocycles. The first kappa shape index (κ1) is 19.2. The van der Waals surface area contributed by atoms with Crippen LogP contribution in [-0.2, 0) is 10.9 Å². The zero-order valence-electron chi connectivity index (χ0n) is 14.3. The van der Waals surface area contributed by atoms with Crippen molar-refractivity contribution in [3.63, 3.8) is 0 Å². The Labute approximate surface area is 166 Å². The zero-order chi connectivity index (χ0) is 19.9. The summed E-state index contributed by atoms with van der Waals surface area (Å²) in [6, 6.07) is 3.50. The van der Waals surface area contributed by atoms with Crippen LogP contribution in [0.2, 0.25) is 5.02 Å². The van der Waals surface area contributed by atoms with E-state index in [1.807, 2.05) is 10.9 Å². The maximum absolute atomic E-state index is 12.7. The predicted molar refractivity (Wildman–Crippen MR) is 98.9 cm³/mol. The standard InChI is InChI=1S/C17H14ClF3N4O2S/c18-11-6-12-9(7-25(24-12)10-1-3-27-4-2-10)5-13(11)22-15(26)16-23-14(8-28-16)17(19,20)21/h5-8,10H,1-4H2,(H,22,26). The fourth-order valence-corrected chi connectivity index (χ4v) is 3.91. The van der Waals surface area contributed by atoms with Crippen LogP contribution in [0.15, 0.2) is 23.7 Å². The summed E-state index contributed by atoms with van der Waals surface area (Å²) in [6.07, 6.45) is -1.01. The molecule has 1 fully saturated rings. The van der Waals surface area contributed by atoms with E-state index in [9.17, 15) is 18.0 Å². The molecule has 0 radical (unpaired) electrons. The highest BCUT2D eigenvalue weighted by Crippen LogP contribution is 2.32. The maximum atomic E-state index is 12.7. The van der Waals surface area contributed by atoms with Gasteiger partial charge in [0.15, 0.2) is 10.7 Å². The average molecular weight is 431 g/mol. The molecule has 4 rings (SSSR count). The Balaban J connectivity index is 1.57. The van der Waals surface area contributed by atoms with Gasteiger partial charge in [0.1, 0.15) is 0 Å². The van der Waals surface area contributed by atoms with Gasteiger partial charge >= 0.3 is 6.18 Å². The molecule has 3 heterocycles. The molecule has 1 N–H and O–H groups in total. The lowest BCUT2D eigenvalue weighted by Gasteiger charge is -2.22. The summed E-state index contributed by atoms with van der Waals surface area (Å²) in [4.78, 5) is 15.6. The van der Waals surface area contributed by atoms with Gasteiger partial charge in [-0.05, 0) is 25.0 Å². The van der Waals surface area contributed by atoms with Crippen molar-refractivity contribution in [3.8, 4) is 0 Å². The van der Waals surface area contributed by atoms with Crippen LogP contribution in [0.3, 0.4) is 0 Å². The highest BCUT2D eigenvalue weighted by molar-refractivity contribution is 7.11. The lowest BCUT2D eigenvalue weighted by molar-refractivity contribution is -0.140. The van der Waals surface area contributed by atoms with Crippen molar-refractivity contribution in [2.24, 2.45) is 0 Å². The molecule has 6 nitrogen and oxygen atoms in total. The van der Waals surface area contributed by atoms with E-state index in [-0.39, 0.29) is 21.8 Å². The molecule has 0 saturated carbocycles. The minimum Gasteiger partial charge on any atom is -0.381 e. The number of rotatable bonds is 3. The van der Waals surface area contributed by atoms with Gasteiger partial charge in [-0.15, -0.1) is 11.3 Å². The predicted octanol–water partition coefficient (Wildman–Crippen LogP) is 4.77. The number of hydrogen-bond donors (Lipinski definition) is 1. The number of anilines is 1. The van der Waals surface area contributed by atoms with Crippen molar-refractivity contribution < 1.29 is 22.7 Å². The Morgan fingerprint density at radius 3 is 2.75 bits per heavy atom. The van der Waals surface area contributed by atoms with Crippen LogP contribution in [-0.4, -0.2) is 33.9 Å². The molecule has 1 saturated heterocycles. The topological polar surface area (TPSA) is 69.0 Å². The number of alkyl halides is 3. The SMILES string of the molecule is O=C(Nc1cc2cn(C3CCOCC3)nc2cc1Cl)c1nc(C(F)(F)F)cs1. The summed E-state index contributed by atoms with van der Waals surface area (Å²) in [7, 11) is 0. The van der Waals surface area contributed by atoms with E-state index in [0.717, 1.165) is 23.6 Å². The van der Waals surface area contributed by atoms with Crippen molar-refractivity contribution in [1.29, 1.82) is 0 Å². The van der Waals surface area contributed by atoms with Gasteiger partial charge in [-0.1, -0.05) is 11.6 Å². The third-order valence-corrected chi connectivity index (χ3v) is 5.57. The lowest BCUT2D eigenvalue weighted by Crippen LogP contribution is -2.19. The van der Waals surface area contributed by atoms with Gasteiger partial charge < -0.3 is 10.1 Å². The number of thiazole rings is 1. The van der Waals surface area contributed by atoms with Gasteiger partial charge in [-0.3, -0.25) is 9.48 Å². The third-order valence-electron chi connectivity index (χ3n) is 4.41. The van der Waals surface area contributed by atoms with Gasteiger partial charge in [0.2, 0.25) is 0 Å². The van der Waals surface area contributed by atoms with Gasteiger partial charge in [-0.2, -0.15) is 18.3 Å². The number of carbonyl (C=O) groups is 1. The molecule has 1 aromatic carbocycles. The number of nitrogens with zero attached hydrogens (tertiary/aromatic N) is 3. The van der Waals surface area contributed by atoms with Gasteiger partial charge in [0, 0.05) is 30.2 Å². The normalized spacial score (nSPS) is 15.9. The Kier molecular flexibility index (Phi) is 5.02. The summed E-state index contributed by atoms with van der Waals surface area (Å²) in [5.41, 5.74) is -0.139. The second kappa shape index (κ2) is 7.34. The number of fused-ring (bicyclic) bond motifs is 1. The molecule has 3 aromatic rings. The van der Waals surface area contributed by atoms with Crippen LogP contribution in [0.5, 0.6) is 0 Å². The second-order valence-corrected chi connectivity index (χ2v) is 7.60. The Morgan fingerprint density at radius 1 is 1.32 bits per heavy atom. The van der Waals surface area contributed by atoms with E-state index < -0.39 is 17.8 Å². The van der Waals surface area contributed by atoms with Gasteiger partial charge in [0.05, 0.1) is 22.3 Å². The van der Waals surface area contributed by atoms with Crippen LogP contribution in [0, 0.1) is 0 Å². The quantitative estimate of drug-likeness (QED) is 0.650. The number of carbonyl (C=O) groups excluding carboxylic acids is 1. The first-order valence-corrected chi connectivity index (χ1v) is 9.67. The number of halogens is 4. The van der Waals surface area contributed by atoms with Gasteiger partial charge in [-0.25, -0.2) is 4.98 Å². The summed E-state index contributed by atoms with van der Waals surface area (Å²) in [5.74, 6) is -0.751. The van der Waals surface area contributed by atoms with E-state index in [1.165, 1.54) is 0 Å². The first-order chi connectivity index (χ1) is 13.3. The fourth-order valence-electron chi connectivity index (χ4n) is 2.98. The molecule has 1 amide bonds. The number of nitrogens with one attached hydrogen (secondary N) is 1. The minimum absolute atomic E-state index is 0.231. The fraction of sp³-hybridized carbons (Fsp3) is 0.353. The average Bonchev–Trinajstić information content (AvgIpc) is 3.29. The van der Waals surface area contributed by atoms with Crippen molar-refractivity contribution in [1.82, 2.24) is 14.8 Å². The number of amides is 1. The Morgan fingerprint density at radius 2 is 2.07 bits per heavy atom. The maximum Gasteiger partial charge on any atom is 0.434 e. The van der Waals surface area contributed by atoms with Crippen molar-refractivity contribution in [2.75, 3.05) is 18.5 Å². The van der Waals surface area contributed by atoms with Crippen molar-refractivity contribution >= 4 is 45.4 Å². The van der Waals surface area contributed by atoms with Crippen LogP contribution >= 0.6 is 22.9 Å². The largest absolute Gasteiger partial charge is 0.434 e.